The first-order valence-electron chi connectivity index (χ1n) is 11.8. The summed E-state index contributed by atoms with van der Waals surface area (Å²) in [6.45, 7) is 6.05. The maximum Gasteiger partial charge on any atom is 0.268 e. The molecule has 4 heterocycles. The van der Waals surface area contributed by atoms with Gasteiger partial charge in [0, 0.05) is 31.2 Å². The molecule has 2 aliphatic rings. The Labute approximate surface area is 208 Å². The smallest absolute Gasteiger partial charge is 0.268 e. The first-order valence-corrected chi connectivity index (χ1v) is 12.2. The lowest BCUT2D eigenvalue weighted by Gasteiger charge is -2.22. The highest BCUT2D eigenvalue weighted by atomic mass is 35.5. The molecule has 2 fully saturated rings. The van der Waals surface area contributed by atoms with Crippen molar-refractivity contribution >= 4 is 23.4 Å². The minimum absolute atomic E-state index is 0.0713. The molecule has 1 aromatic carbocycles. The molecule has 2 N–H and O–H groups in total. The van der Waals surface area contributed by atoms with E-state index in [-0.39, 0.29) is 17.2 Å². The SMILES string of the molecule is Cc1nn(-c2cncnc2)c(C(N)=O)c1C(=O)N1CC2CN(CCCc3cccc(Cl)c3)C[C@H]2C1. The van der Waals surface area contributed by atoms with Crippen molar-refractivity contribution in [2.24, 2.45) is 17.6 Å². The molecule has 0 bridgehead atoms. The fourth-order valence-electron chi connectivity index (χ4n) is 5.39. The van der Waals surface area contributed by atoms with Crippen LogP contribution in [0.5, 0.6) is 0 Å². The number of fused-ring (bicyclic) bond motifs is 1. The predicted molar refractivity (Wildman–Crippen MR) is 132 cm³/mol. The summed E-state index contributed by atoms with van der Waals surface area (Å²) in [5.41, 5.74) is 8.23. The van der Waals surface area contributed by atoms with E-state index in [0.29, 0.717) is 36.3 Å². The Morgan fingerprint density at radius 3 is 2.49 bits per heavy atom. The van der Waals surface area contributed by atoms with Gasteiger partial charge in [0.15, 0.2) is 0 Å². The van der Waals surface area contributed by atoms with Crippen LogP contribution in [0.15, 0.2) is 43.0 Å². The molecule has 0 saturated carbocycles. The number of nitrogens with zero attached hydrogens (tertiary/aromatic N) is 6. The van der Waals surface area contributed by atoms with Crippen LogP contribution in [-0.2, 0) is 6.42 Å². The third-order valence-electron chi connectivity index (χ3n) is 6.98. The Morgan fingerprint density at radius 1 is 1.11 bits per heavy atom. The molecule has 182 valence electrons. The zero-order valence-corrected chi connectivity index (χ0v) is 20.4. The van der Waals surface area contributed by atoms with Crippen molar-refractivity contribution in [1.82, 2.24) is 29.5 Å². The van der Waals surface area contributed by atoms with Gasteiger partial charge in [-0.1, -0.05) is 23.7 Å². The van der Waals surface area contributed by atoms with Gasteiger partial charge in [0.1, 0.15) is 17.7 Å². The van der Waals surface area contributed by atoms with E-state index in [1.54, 1.807) is 6.92 Å². The van der Waals surface area contributed by atoms with Crippen molar-refractivity contribution in [3.05, 3.63) is 70.5 Å². The molecule has 3 aromatic rings. The molecule has 0 radical (unpaired) electrons. The molecule has 1 unspecified atom stereocenters. The third kappa shape index (κ3) is 4.78. The lowest BCUT2D eigenvalue weighted by Crippen LogP contribution is -2.35. The number of halogens is 1. The van der Waals surface area contributed by atoms with Gasteiger partial charge in [-0.25, -0.2) is 14.6 Å². The second kappa shape index (κ2) is 9.75. The van der Waals surface area contributed by atoms with Crippen molar-refractivity contribution in [2.45, 2.75) is 19.8 Å². The number of amides is 2. The van der Waals surface area contributed by atoms with Crippen LogP contribution in [0.25, 0.3) is 5.69 Å². The summed E-state index contributed by atoms with van der Waals surface area (Å²) in [6.07, 6.45) is 6.52. The fourth-order valence-corrected chi connectivity index (χ4v) is 5.61. The number of hydrogen-bond acceptors (Lipinski definition) is 6. The van der Waals surface area contributed by atoms with Crippen LogP contribution in [0.1, 0.15) is 38.5 Å². The van der Waals surface area contributed by atoms with Gasteiger partial charge < -0.3 is 15.5 Å². The van der Waals surface area contributed by atoms with Gasteiger partial charge in [0.2, 0.25) is 0 Å². The summed E-state index contributed by atoms with van der Waals surface area (Å²) in [6, 6.07) is 8.03. The predicted octanol–water partition coefficient (Wildman–Crippen LogP) is 2.36. The van der Waals surface area contributed by atoms with Crippen LogP contribution in [0.3, 0.4) is 0 Å². The van der Waals surface area contributed by atoms with Crippen LogP contribution in [-0.4, -0.2) is 74.1 Å². The molecule has 2 atom stereocenters. The number of hydrogen-bond donors (Lipinski definition) is 1. The fraction of sp³-hybridized carbons (Fsp3) is 0.400. The molecule has 35 heavy (non-hydrogen) atoms. The molecule has 2 aromatic heterocycles. The normalized spacial score (nSPS) is 19.8. The molecular weight excluding hydrogens is 466 g/mol. The van der Waals surface area contributed by atoms with Gasteiger partial charge in [0.25, 0.3) is 11.8 Å². The topological polar surface area (TPSA) is 110 Å². The Hall–Kier alpha value is -3.30. The molecule has 2 aliphatic heterocycles. The summed E-state index contributed by atoms with van der Waals surface area (Å²) < 4.78 is 1.36. The Kier molecular flexibility index (Phi) is 6.53. The van der Waals surface area contributed by atoms with Crippen LogP contribution in [0.4, 0.5) is 0 Å². The molecule has 2 saturated heterocycles. The monoisotopic (exact) mass is 493 g/mol. The minimum Gasteiger partial charge on any atom is -0.364 e. The average molecular weight is 494 g/mol. The van der Waals surface area contributed by atoms with E-state index in [9.17, 15) is 9.59 Å². The van der Waals surface area contributed by atoms with Gasteiger partial charge in [-0.05, 0) is 55.8 Å². The number of rotatable bonds is 7. The highest BCUT2D eigenvalue weighted by molar-refractivity contribution is 6.30. The van der Waals surface area contributed by atoms with Gasteiger partial charge in [-0.15, -0.1) is 0 Å². The number of carbonyl (C=O) groups is 2. The molecular formula is C25H28ClN7O2. The summed E-state index contributed by atoms with van der Waals surface area (Å²) >= 11 is 6.09. The van der Waals surface area contributed by atoms with Crippen molar-refractivity contribution in [1.29, 1.82) is 0 Å². The van der Waals surface area contributed by atoms with E-state index < -0.39 is 5.91 Å². The van der Waals surface area contributed by atoms with Crippen LogP contribution < -0.4 is 5.73 Å². The van der Waals surface area contributed by atoms with E-state index in [1.807, 2.05) is 23.1 Å². The van der Waals surface area contributed by atoms with E-state index in [0.717, 1.165) is 37.5 Å². The molecule has 9 nitrogen and oxygen atoms in total. The number of nitrogens with two attached hydrogens (primary N) is 1. The van der Waals surface area contributed by atoms with Gasteiger partial charge in [0.05, 0.1) is 23.7 Å². The summed E-state index contributed by atoms with van der Waals surface area (Å²) in [5, 5.41) is 5.19. The lowest BCUT2D eigenvalue weighted by molar-refractivity contribution is 0.0767. The second-order valence-electron chi connectivity index (χ2n) is 9.41. The van der Waals surface area contributed by atoms with Crippen molar-refractivity contribution in [3.63, 3.8) is 0 Å². The molecule has 0 spiro atoms. The van der Waals surface area contributed by atoms with E-state index in [1.165, 1.54) is 29.0 Å². The zero-order chi connectivity index (χ0) is 24.5. The number of primary amides is 1. The third-order valence-corrected chi connectivity index (χ3v) is 7.21. The maximum atomic E-state index is 13.5. The summed E-state index contributed by atoms with van der Waals surface area (Å²) in [5.74, 6) is -0.0376. The standard InChI is InChI=1S/C25H28ClN7O2/c1-16-22(23(24(27)34)33(30-16)21-9-28-15-29-10-21)25(35)32-13-18-11-31(12-19(18)14-32)7-3-5-17-4-2-6-20(26)8-17/h2,4,6,8-10,15,18-19H,3,5,7,11-14H2,1H3,(H2,27,34)/t18-,19?/m0/s1. The first kappa shape index (κ1) is 23.4. The van der Waals surface area contributed by atoms with Crippen molar-refractivity contribution in [2.75, 3.05) is 32.7 Å². The van der Waals surface area contributed by atoms with Gasteiger partial charge in [-0.3, -0.25) is 9.59 Å². The van der Waals surface area contributed by atoms with E-state index in [2.05, 4.69) is 26.0 Å². The summed E-state index contributed by atoms with van der Waals surface area (Å²) in [4.78, 5) is 38.2. The quantitative estimate of drug-likeness (QED) is 0.541. The Balaban J connectivity index is 1.23. The van der Waals surface area contributed by atoms with E-state index in [4.69, 9.17) is 17.3 Å². The van der Waals surface area contributed by atoms with Crippen LogP contribution in [0, 0.1) is 18.8 Å². The van der Waals surface area contributed by atoms with Crippen LogP contribution in [0.2, 0.25) is 5.02 Å². The van der Waals surface area contributed by atoms with Crippen molar-refractivity contribution in [3.8, 4) is 5.69 Å². The first-order chi connectivity index (χ1) is 16.9. The lowest BCUT2D eigenvalue weighted by atomic mass is 10.0. The maximum absolute atomic E-state index is 13.5. The Morgan fingerprint density at radius 2 is 1.83 bits per heavy atom. The molecule has 10 heteroatoms. The van der Waals surface area contributed by atoms with Gasteiger partial charge in [-0.2, -0.15) is 5.10 Å². The number of benzene rings is 1. The van der Waals surface area contributed by atoms with Crippen LogP contribution >= 0.6 is 11.6 Å². The van der Waals surface area contributed by atoms with Crippen molar-refractivity contribution < 1.29 is 9.59 Å². The zero-order valence-electron chi connectivity index (χ0n) is 19.6. The van der Waals surface area contributed by atoms with E-state index >= 15 is 0 Å². The molecule has 0 aliphatic carbocycles. The molecule has 5 rings (SSSR count). The number of carbonyl (C=O) groups excluding carboxylic acids is 2. The summed E-state index contributed by atoms with van der Waals surface area (Å²) in [7, 11) is 0. The Bertz CT molecular complexity index is 1230. The highest BCUT2D eigenvalue weighted by Crippen LogP contribution is 2.33. The highest BCUT2D eigenvalue weighted by Gasteiger charge is 2.42. The number of likely N-dealkylation sites (tertiary alicyclic amines) is 2. The largest absolute Gasteiger partial charge is 0.364 e. The second-order valence-corrected chi connectivity index (χ2v) is 9.84. The minimum atomic E-state index is -0.705. The average Bonchev–Trinajstić information content (AvgIpc) is 3.50. The van der Waals surface area contributed by atoms with Gasteiger partial charge >= 0.3 is 0 Å². The number of aromatic nitrogens is 4. The number of aryl methyl sites for hydroxylation is 2. The molecule has 2 amide bonds.